The van der Waals surface area contributed by atoms with E-state index in [1.165, 1.54) is 13.8 Å². The van der Waals surface area contributed by atoms with Crippen LogP contribution in [-0.2, 0) is 14.6 Å². The van der Waals surface area contributed by atoms with Gasteiger partial charge in [-0.05, 0) is 20.3 Å². The largest absolute Gasteiger partial charge is 0.392 e. The maximum atomic E-state index is 11.8. The van der Waals surface area contributed by atoms with Gasteiger partial charge in [0.1, 0.15) is 4.75 Å². The van der Waals surface area contributed by atoms with Gasteiger partial charge in [0.2, 0.25) is 5.91 Å². The van der Waals surface area contributed by atoms with E-state index in [1.54, 1.807) is 6.92 Å². The Hall–Kier alpha value is -0.690. The second-order valence-electron chi connectivity index (χ2n) is 4.12. The molecule has 0 radical (unpaired) electrons. The zero-order valence-corrected chi connectivity index (χ0v) is 11.5. The summed E-state index contributed by atoms with van der Waals surface area (Å²) in [6, 6.07) is -0.469. The van der Waals surface area contributed by atoms with Crippen molar-refractivity contribution >= 4 is 33.0 Å². The fourth-order valence-corrected chi connectivity index (χ4v) is 1.50. The van der Waals surface area contributed by atoms with Crippen LogP contribution in [0.25, 0.3) is 0 Å². The van der Waals surface area contributed by atoms with Crippen molar-refractivity contribution in [1.29, 1.82) is 0 Å². The molecule has 16 heavy (non-hydrogen) atoms. The number of rotatable bonds is 5. The molecule has 94 valence electrons. The smallest absolute Gasteiger partial charge is 0.241 e. The number of nitrogens with two attached hydrogens (primary N) is 1. The Morgan fingerprint density at radius 2 is 1.94 bits per heavy atom. The fourth-order valence-electron chi connectivity index (χ4n) is 0.875. The summed E-state index contributed by atoms with van der Waals surface area (Å²) in [5, 5.41) is 2.53. The molecule has 1 unspecified atom stereocenters. The first-order valence-electron chi connectivity index (χ1n) is 4.84. The average molecular weight is 266 g/mol. The van der Waals surface area contributed by atoms with Gasteiger partial charge in [0.25, 0.3) is 0 Å². The summed E-state index contributed by atoms with van der Waals surface area (Å²) in [5.74, 6) is -0.588. The monoisotopic (exact) mass is 266 g/mol. The Balaban J connectivity index is 4.90. The molecule has 0 aromatic carbocycles. The highest BCUT2D eigenvalue weighted by Gasteiger charge is 2.39. The predicted octanol–water partition coefficient (Wildman–Crippen LogP) is -0.00950. The number of carbonyl (C=O) groups is 1. The number of thiocarbonyl (C=S) groups is 1. The molecular formula is C9H18N2O3S2. The van der Waals surface area contributed by atoms with Crippen LogP contribution in [0.15, 0.2) is 0 Å². The molecular weight excluding hydrogens is 248 g/mol. The summed E-state index contributed by atoms with van der Waals surface area (Å²) < 4.78 is 21.3. The van der Waals surface area contributed by atoms with Gasteiger partial charge in [0.05, 0.1) is 11.0 Å². The Bertz CT molecular complexity index is 388. The van der Waals surface area contributed by atoms with Gasteiger partial charge in [-0.15, -0.1) is 0 Å². The van der Waals surface area contributed by atoms with Crippen LogP contribution >= 0.6 is 12.2 Å². The van der Waals surface area contributed by atoms with Gasteiger partial charge in [-0.25, -0.2) is 8.42 Å². The van der Waals surface area contributed by atoms with Crippen molar-refractivity contribution in [3.63, 3.8) is 0 Å². The second-order valence-corrected chi connectivity index (χ2v) is 7.16. The highest BCUT2D eigenvalue weighted by molar-refractivity contribution is 7.92. The van der Waals surface area contributed by atoms with Crippen LogP contribution in [0.3, 0.4) is 0 Å². The van der Waals surface area contributed by atoms with E-state index in [9.17, 15) is 13.2 Å². The van der Waals surface area contributed by atoms with Gasteiger partial charge in [-0.3, -0.25) is 4.79 Å². The lowest BCUT2D eigenvalue weighted by molar-refractivity contribution is -0.123. The molecule has 0 fully saturated rings. The summed E-state index contributed by atoms with van der Waals surface area (Å²) in [7, 11) is -3.48. The van der Waals surface area contributed by atoms with E-state index < -0.39 is 26.5 Å². The van der Waals surface area contributed by atoms with Gasteiger partial charge in [0, 0.05) is 6.26 Å². The van der Waals surface area contributed by atoms with Crippen LogP contribution < -0.4 is 11.1 Å². The SMILES string of the molecule is CCC(NC(=O)C(C)(C)S(C)(=O)=O)C(N)=S. The first kappa shape index (κ1) is 15.3. The van der Waals surface area contributed by atoms with E-state index in [0.717, 1.165) is 6.26 Å². The number of carbonyl (C=O) groups excluding carboxylic acids is 1. The summed E-state index contributed by atoms with van der Waals surface area (Å²) in [6.07, 6.45) is 1.55. The van der Waals surface area contributed by atoms with Crippen LogP contribution in [0.1, 0.15) is 27.2 Å². The molecule has 0 aliphatic rings. The molecule has 1 atom stereocenters. The summed E-state index contributed by atoms with van der Waals surface area (Å²) in [4.78, 5) is 11.9. The third-order valence-electron chi connectivity index (χ3n) is 2.53. The van der Waals surface area contributed by atoms with Crippen molar-refractivity contribution in [1.82, 2.24) is 5.32 Å². The van der Waals surface area contributed by atoms with Gasteiger partial charge in [-0.1, -0.05) is 19.1 Å². The molecule has 1 amide bonds. The molecule has 0 spiro atoms. The number of amides is 1. The Morgan fingerprint density at radius 1 is 1.50 bits per heavy atom. The van der Waals surface area contributed by atoms with Crippen LogP contribution in [-0.4, -0.2) is 36.4 Å². The molecule has 0 aromatic heterocycles. The molecule has 0 bridgehead atoms. The Morgan fingerprint density at radius 3 is 2.19 bits per heavy atom. The zero-order valence-electron chi connectivity index (χ0n) is 9.90. The van der Waals surface area contributed by atoms with Gasteiger partial charge >= 0.3 is 0 Å². The number of sulfone groups is 1. The standard InChI is InChI=1S/C9H18N2O3S2/c1-5-6(7(10)15)11-8(12)9(2,3)16(4,13)14/h6H,5H2,1-4H3,(H2,10,15)(H,11,12). The molecule has 5 nitrogen and oxygen atoms in total. The van der Waals surface area contributed by atoms with Crippen molar-refractivity contribution < 1.29 is 13.2 Å². The molecule has 7 heteroatoms. The summed E-state index contributed by atoms with van der Waals surface area (Å²) in [6.45, 7) is 4.51. The van der Waals surface area contributed by atoms with Crippen molar-refractivity contribution in [2.45, 2.75) is 38.0 Å². The highest BCUT2D eigenvalue weighted by Crippen LogP contribution is 2.15. The molecule has 0 rings (SSSR count). The minimum atomic E-state index is -3.48. The highest BCUT2D eigenvalue weighted by atomic mass is 32.2. The number of hydrogen-bond donors (Lipinski definition) is 2. The minimum Gasteiger partial charge on any atom is -0.392 e. The van der Waals surface area contributed by atoms with E-state index in [2.05, 4.69) is 5.32 Å². The molecule has 0 saturated heterocycles. The topological polar surface area (TPSA) is 89.3 Å². The molecule has 0 aliphatic heterocycles. The normalized spacial score (nSPS) is 14.2. The quantitative estimate of drug-likeness (QED) is 0.683. The van der Waals surface area contributed by atoms with E-state index in [-0.39, 0.29) is 4.99 Å². The fraction of sp³-hybridized carbons (Fsp3) is 0.778. The summed E-state index contributed by atoms with van der Waals surface area (Å²) in [5.41, 5.74) is 5.42. The van der Waals surface area contributed by atoms with Crippen LogP contribution in [0.2, 0.25) is 0 Å². The van der Waals surface area contributed by atoms with Crippen molar-refractivity contribution in [2.75, 3.05) is 6.26 Å². The lowest BCUT2D eigenvalue weighted by Gasteiger charge is -2.24. The molecule has 0 saturated carbocycles. The zero-order chi connectivity index (χ0) is 13.1. The van der Waals surface area contributed by atoms with E-state index >= 15 is 0 Å². The lowest BCUT2D eigenvalue weighted by atomic mass is 10.1. The number of nitrogens with one attached hydrogen (secondary N) is 1. The lowest BCUT2D eigenvalue weighted by Crippen LogP contribution is -2.53. The average Bonchev–Trinajstić information content (AvgIpc) is 2.11. The molecule has 0 aromatic rings. The van der Waals surface area contributed by atoms with Crippen LogP contribution in [0.5, 0.6) is 0 Å². The van der Waals surface area contributed by atoms with E-state index in [4.69, 9.17) is 18.0 Å². The van der Waals surface area contributed by atoms with Gasteiger partial charge in [0.15, 0.2) is 9.84 Å². The summed E-state index contributed by atoms with van der Waals surface area (Å²) >= 11 is 4.76. The Labute approximate surface area is 102 Å². The van der Waals surface area contributed by atoms with Gasteiger partial charge in [-0.2, -0.15) is 0 Å². The molecule has 3 N–H and O–H groups in total. The van der Waals surface area contributed by atoms with E-state index in [0.29, 0.717) is 6.42 Å². The third-order valence-corrected chi connectivity index (χ3v) is 4.85. The minimum absolute atomic E-state index is 0.153. The van der Waals surface area contributed by atoms with Gasteiger partial charge < -0.3 is 11.1 Å². The van der Waals surface area contributed by atoms with Crippen molar-refractivity contribution in [2.24, 2.45) is 5.73 Å². The van der Waals surface area contributed by atoms with Crippen molar-refractivity contribution in [3.05, 3.63) is 0 Å². The van der Waals surface area contributed by atoms with Crippen molar-refractivity contribution in [3.8, 4) is 0 Å². The maximum absolute atomic E-state index is 11.8. The number of hydrogen-bond acceptors (Lipinski definition) is 4. The Kier molecular flexibility index (Phi) is 4.87. The van der Waals surface area contributed by atoms with E-state index in [1.807, 2.05) is 0 Å². The first-order chi connectivity index (χ1) is 7.04. The van der Waals surface area contributed by atoms with Crippen LogP contribution in [0, 0.1) is 0 Å². The molecule has 0 aliphatic carbocycles. The second kappa shape index (κ2) is 5.09. The van der Waals surface area contributed by atoms with Crippen LogP contribution in [0.4, 0.5) is 0 Å². The first-order valence-corrected chi connectivity index (χ1v) is 7.13. The maximum Gasteiger partial charge on any atom is 0.241 e. The molecule has 0 heterocycles. The third kappa shape index (κ3) is 3.41. The predicted molar refractivity (Wildman–Crippen MR) is 67.9 cm³/mol.